The largest absolute Gasteiger partial charge is 0.455 e. The standard InChI is InChI=1S/C56H61FN3OSi/c1-32(2)24-40-29-49-42-17-13-12-16-41(42)43-22-21-39-28-45(57)53-44-23-20-38(33(3)4)30-50(44)61-55(53)52(39)56-59(37(8)27-48(43)58(49)31-51(40)62(9,10)11)46-18-14-15-19-47(46)60(56)54-35(6)25-34(5)26-36(54)7/h12-20,23,25-26,28-33,43,48,56H,8,21-22,24,27H2,1-7,9-11H3/q+1. The second-order valence-electron chi connectivity index (χ2n) is 20.4. The number of aryl methyl sites for hydroxylation is 4. The molecule has 5 aromatic carbocycles. The van der Waals surface area contributed by atoms with Crippen molar-refractivity contribution in [2.24, 2.45) is 5.92 Å². The van der Waals surface area contributed by atoms with Crippen LogP contribution in [-0.4, -0.2) is 8.07 Å². The second-order valence-corrected chi connectivity index (χ2v) is 25.5. The van der Waals surface area contributed by atoms with Gasteiger partial charge in [0, 0.05) is 45.1 Å². The van der Waals surface area contributed by atoms with Gasteiger partial charge in [-0.05, 0) is 116 Å². The van der Waals surface area contributed by atoms with Crippen LogP contribution in [0.15, 0.2) is 114 Å². The number of benzene rings is 5. The van der Waals surface area contributed by atoms with Gasteiger partial charge in [0.15, 0.2) is 12.2 Å². The topological polar surface area (TPSA) is 23.5 Å². The molecule has 7 aromatic rings. The molecular formula is C56H61FN3OSi+. The molecule has 0 bridgehead atoms. The molecule has 62 heavy (non-hydrogen) atoms. The second kappa shape index (κ2) is 14.8. The van der Waals surface area contributed by atoms with Crippen molar-refractivity contribution in [1.82, 2.24) is 0 Å². The zero-order chi connectivity index (χ0) is 43.5. The lowest BCUT2D eigenvalue weighted by Crippen LogP contribution is -2.54. The number of fused-ring (bicyclic) bond motifs is 15. The van der Waals surface area contributed by atoms with Crippen molar-refractivity contribution in [2.45, 2.75) is 118 Å². The molecule has 0 saturated carbocycles. The van der Waals surface area contributed by atoms with Crippen LogP contribution in [0.5, 0.6) is 0 Å². The molecule has 0 fully saturated rings. The highest BCUT2D eigenvalue weighted by Crippen LogP contribution is 2.57. The van der Waals surface area contributed by atoms with Crippen LogP contribution in [0, 0.1) is 32.5 Å². The van der Waals surface area contributed by atoms with Gasteiger partial charge in [0.1, 0.15) is 23.1 Å². The molecule has 10 rings (SSSR count). The Morgan fingerprint density at radius 1 is 0.855 bits per heavy atom. The van der Waals surface area contributed by atoms with Crippen LogP contribution in [0.25, 0.3) is 33.2 Å². The molecule has 2 aromatic heterocycles. The van der Waals surface area contributed by atoms with Gasteiger partial charge < -0.3 is 14.2 Å². The van der Waals surface area contributed by atoms with Crippen LogP contribution in [0.4, 0.5) is 21.5 Å². The van der Waals surface area contributed by atoms with Crippen LogP contribution in [-0.2, 0) is 12.8 Å². The lowest BCUT2D eigenvalue weighted by molar-refractivity contribution is -0.717. The summed E-state index contributed by atoms with van der Waals surface area (Å²) in [7, 11) is -1.76. The molecule has 0 radical (unpaired) electrons. The van der Waals surface area contributed by atoms with E-state index in [0.717, 1.165) is 58.4 Å². The van der Waals surface area contributed by atoms with E-state index in [1.165, 1.54) is 55.5 Å². The fraction of sp³-hybridized carbons (Fsp3) is 0.339. The number of pyridine rings is 1. The SMILES string of the molecule is C=C1CC2C(CCc3cc(F)c4c(oc5cc(C(C)C)ccc54)c3C3N1c1ccccc1N3c1c(C)cc(C)cc1C)c1ccccc1-c1cc(CC(C)C)c([Si](C)(C)C)c[n+]12. The average Bonchev–Trinajstić information content (AvgIpc) is 3.76. The van der Waals surface area contributed by atoms with Gasteiger partial charge in [-0.3, -0.25) is 0 Å². The van der Waals surface area contributed by atoms with Gasteiger partial charge in [-0.25, -0.2) is 4.39 Å². The van der Waals surface area contributed by atoms with Crippen molar-refractivity contribution in [3.8, 4) is 11.3 Å². The van der Waals surface area contributed by atoms with Gasteiger partial charge in [-0.15, -0.1) is 0 Å². The number of nitrogens with zero attached hydrogens (tertiary/aromatic N) is 3. The van der Waals surface area contributed by atoms with Gasteiger partial charge in [0.2, 0.25) is 5.69 Å². The smallest absolute Gasteiger partial charge is 0.213 e. The van der Waals surface area contributed by atoms with Crippen molar-refractivity contribution in [3.63, 3.8) is 0 Å². The third kappa shape index (κ3) is 6.38. The minimum absolute atomic E-state index is 0.107. The number of anilines is 3. The first kappa shape index (κ1) is 40.6. The predicted octanol–water partition coefficient (Wildman–Crippen LogP) is 14.3. The molecule has 4 nitrogen and oxygen atoms in total. The zero-order valence-electron chi connectivity index (χ0n) is 38.3. The fourth-order valence-corrected chi connectivity index (χ4v) is 13.2. The molecule has 3 aliphatic rings. The maximum atomic E-state index is 17.2. The van der Waals surface area contributed by atoms with Gasteiger partial charge in [-0.1, -0.05) is 114 Å². The van der Waals surface area contributed by atoms with Gasteiger partial charge in [0.25, 0.3) is 0 Å². The minimum Gasteiger partial charge on any atom is -0.455 e. The fourth-order valence-electron chi connectivity index (χ4n) is 11.6. The Balaban J connectivity index is 1.27. The van der Waals surface area contributed by atoms with Gasteiger partial charge in [0.05, 0.1) is 31.3 Å². The van der Waals surface area contributed by atoms with Crippen molar-refractivity contribution >= 4 is 52.3 Å². The molecule has 0 N–H and O–H groups in total. The highest BCUT2D eigenvalue weighted by Gasteiger charge is 2.48. The lowest BCUT2D eigenvalue weighted by atomic mass is 9.77. The highest BCUT2D eigenvalue weighted by molar-refractivity contribution is 6.89. The summed E-state index contributed by atoms with van der Waals surface area (Å²) in [6, 6.07) is 33.3. The summed E-state index contributed by atoms with van der Waals surface area (Å²) in [6.07, 6.45) is 5.56. The molecule has 316 valence electrons. The van der Waals surface area contributed by atoms with E-state index in [1.807, 2.05) is 6.07 Å². The number of hydrogen-bond acceptors (Lipinski definition) is 3. The summed E-state index contributed by atoms with van der Waals surface area (Å²) < 4.78 is 27.0. The first-order chi connectivity index (χ1) is 29.6. The Hall–Kier alpha value is -5.46. The summed E-state index contributed by atoms with van der Waals surface area (Å²) in [4.78, 5) is 5.01. The van der Waals surface area contributed by atoms with E-state index < -0.39 is 8.07 Å². The minimum atomic E-state index is -1.76. The predicted molar refractivity (Wildman–Crippen MR) is 260 cm³/mol. The number of aromatic nitrogens is 1. The highest BCUT2D eigenvalue weighted by atomic mass is 28.3. The maximum absolute atomic E-state index is 17.2. The van der Waals surface area contributed by atoms with Crippen LogP contribution in [0.1, 0.15) is 109 Å². The number of halogens is 1. The molecule has 0 amide bonds. The quantitative estimate of drug-likeness (QED) is 0.127. The first-order valence-corrected chi connectivity index (χ1v) is 26.4. The van der Waals surface area contributed by atoms with Crippen molar-refractivity contribution in [2.75, 3.05) is 9.80 Å². The van der Waals surface area contributed by atoms with E-state index in [1.54, 1.807) is 0 Å². The third-order valence-corrected chi connectivity index (χ3v) is 16.2. The molecule has 5 heterocycles. The van der Waals surface area contributed by atoms with Crippen LogP contribution < -0.4 is 19.6 Å². The molecule has 3 atom stereocenters. The Morgan fingerprint density at radius 3 is 2.24 bits per heavy atom. The Morgan fingerprint density at radius 2 is 1.55 bits per heavy atom. The maximum Gasteiger partial charge on any atom is 0.213 e. The molecule has 0 aliphatic carbocycles. The summed E-state index contributed by atoms with van der Waals surface area (Å²) in [5, 5.41) is 2.92. The number of para-hydroxylation sites is 2. The van der Waals surface area contributed by atoms with Crippen LogP contribution >= 0.6 is 0 Å². The average molecular weight is 839 g/mol. The number of allylic oxidation sites excluding steroid dienone is 1. The van der Waals surface area contributed by atoms with E-state index >= 15 is 4.39 Å². The molecule has 6 heteroatoms. The summed E-state index contributed by atoms with van der Waals surface area (Å²) in [5.74, 6) is 0.822. The van der Waals surface area contributed by atoms with E-state index in [2.05, 4.69) is 174 Å². The number of furan rings is 1. The normalized spacial score (nSPS) is 18.5. The number of rotatable bonds is 5. The molecule has 3 aliphatic heterocycles. The van der Waals surface area contributed by atoms with E-state index in [-0.39, 0.29) is 23.9 Å². The van der Waals surface area contributed by atoms with Crippen molar-refractivity contribution in [3.05, 3.63) is 160 Å². The molecule has 0 spiro atoms. The molecular weight excluding hydrogens is 778 g/mol. The van der Waals surface area contributed by atoms with E-state index in [9.17, 15) is 0 Å². The summed E-state index contributed by atoms with van der Waals surface area (Å²) >= 11 is 0. The number of hydrogen-bond donors (Lipinski definition) is 0. The van der Waals surface area contributed by atoms with E-state index in [0.29, 0.717) is 29.2 Å². The summed E-state index contributed by atoms with van der Waals surface area (Å²) in [6.45, 7) is 28.3. The van der Waals surface area contributed by atoms with Gasteiger partial charge in [-0.2, -0.15) is 4.57 Å². The van der Waals surface area contributed by atoms with Crippen LogP contribution in [0.2, 0.25) is 19.6 Å². The Kier molecular flexibility index (Phi) is 9.71. The van der Waals surface area contributed by atoms with Crippen molar-refractivity contribution in [1.29, 1.82) is 0 Å². The molecule has 0 saturated heterocycles. The first-order valence-electron chi connectivity index (χ1n) is 22.9. The third-order valence-electron chi connectivity index (χ3n) is 14.1. The molecule has 3 unspecified atom stereocenters. The van der Waals surface area contributed by atoms with Gasteiger partial charge >= 0.3 is 0 Å². The Labute approximate surface area is 368 Å². The zero-order valence-corrected chi connectivity index (χ0v) is 39.3. The van der Waals surface area contributed by atoms with Crippen LogP contribution in [0.3, 0.4) is 0 Å². The van der Waals surface area contributed by atoms with E-state index in [4.69, 9.17) is 11.0 Å². The monoisotopic (exact) mass is 838 g/mol. The lowest BCUT2D eigenvalue weighted by Gasteiger charge is -2.40. The Bertz CT molecular complexity index is 2950. The van der Waals surface area contributed by atoms with Crippen molar-refractivity contribution < 1.29 is 13.4 Å². The summed E-state index contributed by atoms with van der Waals surface area (Å²) in [5.41, 5.74) is 18.1.